The first-order chi connectivity index (χ1) is 13.3. The average Bonchev–Trinajstić information content (AvgIpc) is 3.10. The number of ether oxygens (including phenoxy) is 1. The summed E-state index contributed by atoms with van der Waals surface area (Å²) in [6, 6.07) is 5.86. The second-order valence-corrected chi connectivity index (χ2v) is 7.45. The van der Waals surface area contributed by atoms with Gasteiger partial charge in [-0.05, 0) is 36.5 Å². The van der Waals surface area contributed by atoms with Crippen molar-refractivity contribution >= 4 is 5.91 Å². The maximum atomic E-state index is 13.0. The van der Waals surface area contributed by atoms with Crippen LogP contribution >= 0.6 is 0 Å². The molecule has 2 aromatic rings. The Kier molecular flexibility index (Phi) is 4.81. The molecule has 28 heavy (non-hydrogen) atoms. The van der Waals surface area contributed by atoms with Crippen LogP contribution in [0, 0.1) is 5.92 Å². The number of nitrogens with zero attached hydrogens (tertiary/aromatic N) is 2. The van der Waals surface area contributed by atoms with Gasteiger partial charge in [0, 0.05) is 19.2 Å². The van der Waals surface area contributed by atoms with Gasteiger partial charge in [-0.3, -0.25) is 4.79 Å². The van der Waals surface area contributed by atoms with E-state index in [2.05, 4.69) is 23.3 Å². The molecule has 1 aromatic heterocycles. The summed E-state index contributed by atoms with van der Waals surface area (Å²) in [4.78, 5) is 16.8. The van der Waals surface area contributed by atoms with E-state index in [1.54, 1.807) is 0 Å². The van der Waals surface area contributed by atoms with Gasteiger partial charge in [-0.25, -0.2) is 4.98 Å². The van der Waals surface area contributed by atoms with E-state index in [0.717, 1.165) is 17.7 Å². The average molecular weight is 393 g/mol. The lowest BCUT2D eigenvalue weighted by Crippen LogP contribution is -2.42. The number of hydrogen-bond acceptors (Lipinski definition) is 3. The molecular weight excluding hydrogens is 371 g/mol. The zero-order valence-corrected chi connectivity index (χ0v) is 15.6. The van der Waals surface area contributed by atoms with E-state index >= 15 is 0 Å². The number of imidazole rings is 1. The topological polar surface area (TPSA) is 56.2 Å². The Morgan fingerprint density at radius 3 is 2.96 bits per heavy atom. The van der Waals surface area contributed by atoms with Crippen molar-refractivity contribution in [3.63, 3.8) is 0 Å². The van der Waals surface area contributed by atoms with Crippen molar-refractivity contribution in [1.29, 1.82) is 0 Å². The highest BCUT2D eigenvalue weighted by Gasteiger charge is 2.41. The highest BCUT2D eigenvalue weighted by molar-refractivity contribution is 5.92. The van der Waals surface area contributed by atoms with Gasteiger partial charge in [0.15, 0.2) is 0 Å². The number of benzene rings is 1. The van der Waals surface area contributed by atoms with E-state index in [1.807, 2.05) is 12.1 Å². The van der Waals surface area contributed by atoms with E-state index < -0.39 is 12.1 Å². The zero-order valence-electron chi connectivity index (χ0n) is 15.6. The second kappa shape index (κ2) is 7.14. The van der Waals surface area contributed by atoms with Crippen molar-refractivity contribution in [2.24, 2.45) is 5.92 Å². The number of rotatable bonds is 3. The summed E-state index contributed by atoms with van der Waals surface area (Å²) in [7, 11) is 0. The van der Waals surface area contributed by atoms with E-state index in [-0.39, 0.29) is 37.0 Å². The minimum atomic E-state index is -4.23. The quantitative estimate of drug-likeness (QED) is 0.871. The number of alkyl halides is 3. The molecule has 4 rings (SSSR count). The van der Waals surface area contributed by atoms with E-state index in [0.29, 0.717) is 18.9 Å². The van der Waals surface area contributed by atoms with Crippen LogP contribution in [0.4, 0.5) is 13.2 Å². The maximum absolute atomic E-state index is 13.0. The van der Waals surface area contributed by atoms with Crippen LogP contribution in [0.5, 0.6) is 5.75 Å². The second-order valence-electron chi connectivity index (χ2n) is 7.45. The molecule has 0 aliphatic carbocycles. The number of halogens is 3. The van der Waals surface area contributed by atoms with Crippen molar-refractivity contribution in [2.45, 2.75) is 51.4 Å². The number of nitrogens with one attached hydrogen (secondary N) is 1. The van der Waals surface area contributed by atoms with Crippen LogP contribution in [-0.4, -0.2) is 34.3 Å². The third-order valence-electron chi connectivity index (χ3n) is 5.46. The van der Waals surface area contributed by atoms with Gasteiger partial charge in [-0.15, -0.1) is 0 Å². The summed E-state index contributed by atoms with van der Waals surface area (Å²) in [5, 5.41) is 2.90. The van der Waals surface area contributed by atoms with Gasteiger partial charge in [0.2, 0.25) is 0 Å². The molecular formula is C20H22F3N3O2. The lowest BCUT2D eigenvalue weighted by Gasteiger charge is -2.26. The van der Waals surface area contributed by atoms with Crippen molar-refractivity contribution in [2.75, 3.05) is 6.61 Å². The Bertz CT molecular complexity index is 891. The molecule has 1 N–H and O–H groups in total. The predicted octanol–water partition coefficient (Wildman–Crippen LogP) is 3.30. The fourth-order valence-electron chi connectivity index (χ4n) is 3.84. The van der Waals surface area contributed by atoms with Crippen molar-refractivity contribution in [3.8, 4) is 5.75 Å². The van der Waals surface area contributed by atoms with Gasteiger partial charge in [0.1, 0.15) is 23.9 Å². The summed E-state index contributed by atoms with van der Waals surface area (Å²) < 4.78 is 46.1. The molecule has 1 amide bonds. The third kappa shape index (κ3) is 3.72. The Morgan fingerprint density at radius 1 is 1.39 bits per heavy atom. The van der Waals surface area contributed by atoms with Crippen molar-refractivity contribution in [1.82, 2.24) is 14.9 Å². The molecule has 150 valence electrons. The van der Waals surface area contributed by atoms with Gasteiger partial charge in [0.05, 0.1) is 12.0 Å². The van der Waals surface area contributed by atoms with Crippen LogP contribution in [0.15, 0.2) is 24.4 Å². The lowest BCUT2D eigenvalue weighted by molar-refractivity contribution is -0.182. The first-order valence-electron chi connectivity index (χ1n) is 9.51. The number of carbonyl (C=O) groups is 1. The fourth-order valence-corrected chi connectivity index (χ4v) is 3.84. The Balaban J connectivity index is 1.43. The molecule has 2 aliphatic rings. The molecule has 0 saturated carbocycles. The highest BCUT2D eigenvalue weighted by atomic mass is 19.4. The lowest BCUT2D eigenvalue weighted by atomic mass is 9.99. The summed E-state index contributed by atoms with van der Waals surface area (Å²) in [6.07, 6.45) is -1.00. The van der Waals surface area contributed by atoms with E-state index in [9.17, 15) is 18.0 Å². The van der Waals surface area contributed by atoms with Gasteiger partial charge >= 0.3 is 6.18 Å². The van der Waals surface area contributed by atoms with E-state index in [4.69, 9.17) is 4.74 Å². The highest BCUT2D eigenvalue weighted by Crippen LogP contribution is 2.34. The summed E-state index contributed by atoms with van der Waals surface area (Å²) in [6.45, 7) is 2.25. The monoisotopic (exact) mass is 393 g/mol. The number of carbonyl (C=O) groups excluding carboxylic acids is 1. The van der Waals surface area contributed by atoms with Crippen LogP contribution in [0.1, 0.15) is 40.8 Å². The molecule has 0 spiro atoms. The summed E-state index contributed by atoms with van der Waals surface area (Å²) >= 11 is 0. The minimum absolute atomic E-state index is 0.00852. The smallest absolute Gasteiger partial charge is 0.393 e. The van der Waals surface area contributed by atoms with Gasteiger partial charge < -0.3 is 14.6 Å². The number of fused-ring (bicyclic) bond motifs is 2. The Labute approximate surface area is 160 Å². The zero-order chi connectivity index (χ0) is 19.9. The molecule has 2 unspecified atom stereocenters. The van der Waals surface area contributed by atoms with E-state index in [1.165, 1.54) is 16.3 Å². The number of hydrogen-bond donors (Lipinski definition) is 1. The van der Waals surface area contributed by atoms with Crippen LogP contribution in [0.25, 0.3) is 0 Å². The maximum Gasteiger partial charge on any atom is 0.393 e. The molecule has 2 aliphatic heterocycles. The number of aromatic nitrogens is 2. The fraction of sp³-hybridized carbons (Fsp3) is 0.500. The molecule has 1 aromatic carbocycles. The minimum Gasteiger partial charge on any atom is -0.491 e. The van der Waals surface area contributed by atoms with Crippen molar-refractivity contribution in [3.05, 3.63) is 47.0 Å². The Hall–Kier alpha value is -2.51. The van der Waals surface area contributed by atoms with Gasteiger partial charge in [-0.2, -0.15) is 13.2 Å². The number of aryl methyl sites for hydroxylation is 2. The van der Waals surface area contributed by atoms with Crippen LogP contribution in [0.3, 0.4) is 0 Å². The van der Waals surface area contributed by atoms with Crippen LogP contribution in [-0.2, 0) is 25.8 Å². The normalized spacial score (nSPS) is 21.4. The molecule has 3 heterocycles. The molecule has 8 heteroatoms. The molecule has 0 saturated heterocycles. The summed E-state index contributed by atoms with van der Waals surface area (Å²) in [5.41, 5.74) is 2.41. The molecule has 0 fully saturated rings. The van der Waals surface area contributed by atoms with Gasteiger partial charge in [-0.1, -0.05) is 19.1 Å². The first-order valence-corrected chi connectivity index (χ1v) is 9.51. The Morgan fingerprint density at radius 2 is 2.21 bits per heavy atom. The molecule has 5 nitrogen and oxygen atoms in total. The van der Waals surface area contributed by atoms with Crippen LogP contribution < -0.4 is 10.1 Å². The molecule has 0 radical (unpaired) electrons. The first kappa shape index (κ1) is 18.8. The number of amides is 1. The molecule has 0 bridgehead atoms. The SMILES string of the molecule is CCc1ccc2c(c1)CC(NC(=O)c1cn3c(n1)CCC(C(F)(F)F)C3)CO2. The van der Waals surface area contributed by atoms with Gasteiger partial charge in [0.25, 0.3) is 5.91 Å². The van der Waals surface area contributed by atoms with Crippen LogP contribution in [0.2, 0.25) is 0 Å². The predicted molar refractivity (Wildman–Crippen MR) is 96.4 cm³/mol. The van der Waals surface area contributed by atoms with Crippen molar-refractivity contribution < 1.29 is 22.7 Å². The molecule has 2 atom stereocenters. The third-order valence-corrected chi connectivity index (χ3v) is 5.46. The largest absolute Gasteiger partial charge is 0.491 e. The summed E-state index contributed by atoms with van der Waals surface area (Å²) in [5.74, 6) is -0.405. The standard InChI is InChI=1S/C20H22F3N3O2/c1-2-12-3-5-17-13(7-12)8-15(11-28-17)24-19(27)16-10-26-9-14(20(21,22)23)4-6-18(26)25-16/h3,5,7,10,14-15H,2,4,6,8-9,11H2,1H3,(H,24,27).